The topological polar surface area (TPSA) is 78.3 Å². The number of hydrogen-bond acceptors (Lipinski definition) is 5. The highest BCUT2D eigenvalue weighted by molar-refractivity contribution is 5.97. The number of nitrogens with one attached hydrogen (secondary N) is 1. The lowest BCUT2D eigenvalue weighted by Gasteiger charge is -2.18. The zero-order valence-corrected chi connectivity index (χ0v) is 15.3. The Hall–Kier alpha value is -3.09. The van der Waals surface area contributed by atoms with E-state index in [-0.39, 0.29) is 11.9 Å². The molecule has 0 aliphatic rings. The molecule has 1 amide bonds. The van der Waals surface area contributed by atoms with Gasteiger partial charge in [0.2, 0.25) is 0 Å². The predicted octanol–water partition coefficient (Wildman–Crippen LogP) is 2.96. The lowest BCUT2D eigenvalue weighted by atomic mass is 10.1. The van der Waals surface area contributed by atoms with Crippen molar-refractivity contribution in [1.29, 1.82) is 0 Å². The molecule has 7 nitrogen and oxygen atoms in total. The van der Waals surface area contributed by atoms with E-state index in [0.29, 0.717) is 22.6 Å². The number of amides is 1. The van der Waals surface area contributed by atoms with Gasteiger partial charge in [-0.2, -0.15) is 0 Å². The third-order valence-electron chi connectivity index (χ3n) is 4.33. The second kappa shape index (κ2) is 7.43. The average Bonchev–Trinajstić information content (AvgIpc) is 3.09. The van der Waals surface area contributed by atoms with Gasteiger partial charge in [0.25, 0.3) is 5.91 Å². The first-order chi connectivity index (χ1) is 12.6. The molecule has 0 aliphatic heterocycles. The standard InChI is InChI=1S/C19H22N4O3/c1-5-23-17-8-6-13(10-16(17)21-22-23)19(24)20-12(2)15-11-14(25-3)7-9-18(15)26-4/h6-12H,5H2,1-4H3,(H,20,24)/t12-/m0/s1. The number of fused-ring (bicyclic) bond motifs is 1. The minimum atomic E-state index is -0.255. The van der Waals surface area contributed by atoms with Crippen molar-refractivity contribution < 1.29 is 14.3 Å². The summed E-state index contributed by atoms with van der Waals surface area (Å²) in [5.74, 6) is 1.22. The molecule has 1 atom stereocenters. The first-order valence-corrected chi connectivity index (χ1v) is 8.43. The molecule has 0 radical (unpaired) electrons. The molecular weight excluding hydrogens is 332 g/mol. The molecule has 1 N–H and O–H groups in total. The Bertz CT molecular complexity index is 936. The Morgan fingerprint density at radius 2 is 2.00 bits per heavy atom. The van der Waals surface area contributed by atoms with Crippen molar-refractivity contribution in [2.24, 2.45) is 0 Å². The van der Waals surface area contributed by atoms with Gasteiger partial charge in [0, 0.05) is 17.7 Å². The van der Waals surface area contributed by atoms with Gasteiger partial charge in [0.15, 0.2) is 0 Å². The van der Waals surface area contributed by atoms with Gasteiger partial charge in [-0.25, -0.2) is 4.68 Å². The van der Waals surface area contributed by atoms with Gasteiger partial charge in [0.05, 0.1) is 25.8 Å². The molecule has 26 heavy (non-hydrogen) atoms. The van der Waals surface area contributed by atoms with Crippen LogP contribution in [0.25, 0.3) is 11.0 Å². The monoisotopic (exact) mass is 354 g/mol. The van der Waals surface area contributed by atoms with Crippen LogP contribution in [0.2, 0.25) is 0 Å². The van der Waals surface area contributed by atoms with Gasteiger partial charge in [-0.1, -0.05) is 5.21 Å². The number of methoxy groups -OCH3 is 2. The fourth-order valence-corrected chi connectivity index (χ4v) is 2.88. The van der Waals surface area contributed by atoms with Gasteiger partial charge in [-0.3, -0.25) is 4.79 Å². The fourth-order valence-electron chi connectivity index (χ4n) is 2.88. The summed E-state index contributed by atoms with van der Waals surface area (Å²) in [6.07, 6.45) is 0. The molecule has 0 spiro atoms. The normalized spacial score (nSPS) is 12.0. The number of benzene rings is 2. The van der Waals surface area contributed by atoms with E-state index in [9.17, 15) is 4.79 Å². The van der Waals surface area contributed by atoms with Crippen molar-refractivity contribution in [3.05, 3.63) is 47.5 Å². The quantitative estimate of drug-likeness (QED) is 0.736. The van der Waals surface area contributed by atoms with Crippen LogP contribution < -0.4 is 14.8 Å². The van der Waals surface area contributed by atoms with Gasteiger partial charge in [0.1, 0.15) is 17.0 Å². The lowest BCUT2D eigenvalue weighted by molar-refractivity contribution is 0.0939. The van der Waals surface area contributed by atoms with E-state index in [4.69, 9.17) is 9.47 Å². The molecule has 1 aromatic heterocycles. The third kappa shape index (κ3) is 3.33. The second-order valence-corrected chi connectivity index (χ2v) is 5.91. The maximum atomic E-state index is 12.7. The molecule has 3 aromatic rings. The van der Waals surface area contributed by atoms with Gasteiger partial charge in [-0.15, -0.1) is 5.10 Å². The van der Waals surface area contributed by atoms with Crippen LogP contribution in [-0.4, -0.2) is 35.1 Å². The summed E-state index contributed by atoms with van der Waals surface area (Å²) in [4.78, 5) is 12.7. The van der Waals surface area contributed by atoms with Crippen LogP contribution in [0.15, 0.2) is 36.4 Å². The van der Waals surface area contributed by atoms with Crippen LogP contribution in [0.4, 0.5) is 0 Å². The molecular formula is C19H22N4O3. The maximum absolute atomic E-state index is 12.7. The molecule has 0 saturated heterocycles. The van der Waals surface area contributed by atoms with Gasteiger partial charge in [-0.05, 0) is 50.2 Å². The highest BCUT2D eigenvalue weighted by Crippen LogP contribution is 2.29. The van der Waals surface area contributed by atoms with Crippen LogP contribution in [0.5, 0.6) is 11.5 Å². The largest absolute Gasteiger partial charge is 0.497 e. The SMILES string of the molecule is CCn1nnc2cc(C(=O)N[C@@H](C)c3cc(OC)ccc3OC)ccc21. The third-order valence-corrected chi connectivity index (χ3v) is 4.33. The van der Waals surface area contributed by atoms with Crippen molar-refractivity contribution in [2.75, 3.05) is 14.2 Å². The van der Waals surface area contributed by atoms with Crippen molar-refractivity contribution >= 4 is 16.9 Å². The van der Waals surface area contributed by atoms with Crippen LogP contribution >= 0.6 is 0 Å². The smallest absolute Gasteiger partial charge is 0.251 e. The Kier molecular flexibility index (Phi) is 5.06. The lowest BCUT2D eigenvalue weighted by Crippen LogP contribution is -2.27. The zero-order valence-electron chi connectivity index (χ0n) is 15.3. The average molecular weight is 354 g/mol. The molecule has 0 aliphatic carbocycles. The number of nitrogens with zero attached hydrogens (tertiary/aromatic N) is 3. The summed E-state index contributed by atoms with van der Waals surface area (Å²) in [6, 6.07) is 10.6. The zero-order chi connectivity index (χ0) is 18.7. The van der Waals surface area contributed by atoms with E-state index in [0.717, 1.165) is 17.6 Å². The molecule has 7 heteroatoms. The number of carbonyl (C=O) groups excluding carboxylic acids is 1. The Balaban J connectivity index is 1.83. The number of aryl methyl sites for hydroxylation is 1. The number of aromatic nitrogens is 3. The van der Waals surface area contributed by atoms with E-state index in [2.05, 4.69) is 15.6 Å². The maximum Gasteiger partial charge on any atom is 0.251 e. The first-order valence-electron chi connectivity index (χ1n) is 8.43. The molecule has 2 aromatic carbocycles. The molecule has 0 fully saturated rings. The minimum Gasteiger partial charge on any atom is -0.497 e. The van der Waals surface area contributed by atoms with E-state index in [1.807, 2.05) is 38.1 Å². The molecule has 3 rings (SSSR count). The summed E-state index contributed by atoms with van der Waals surface area (Å²) >= 11 is 0. The Morgan fingerprint density at radius 1 is 1.19 bits per heavy atom. The molecule has 0 unspecified atom stereocenters. The van der Waals surface area contributed by atoms with Crippen LogP contribution in [0, 0.1) is 0 Å². The van der Waals surface area contributed by atoms with E-state index in [1.54, 1.807) is 31.0 Å². The number of carbonyl (C=O) groups is 1. The van der Waals surface area contributed by atoms with Crippen LogP contribution in [0.3, 0.4) is 0 Å². The van der Waals surface area contributed by atoms with E-state index in [1.165, 1.54) is 0 Å². The highest BCUT2D eigenvalue weighted by atomic mass is 16.5. The summed E-state index contributed by atoms with van der Waals surface area (Å²) in [7, 11) is 3.21. The first kappa shape index (κ1) is 17.7. The van der Waals surface area contributed by atoms with Crippen LogP contribution in [-0.2, 0) is 6.54 Å². The minimum absolute atomic E-state index is 0.185. The predicted molar refractivity (Wildman–Crippen MR) is 98.6 cm³/mol. The number of hydrogen-bond donors (Lipinski definition) is 1. The fraction of sp³-hybridized carbons (Fsp3) is 0.316. The number of ether oxygens (including phenoxy) is 2. The summed E-state index contributed by atoms with van der Waals surface area (Å²) in [5, 5.41) is 11.2. The molecule has 0 bridgehead atoms. The van der Waals surface area contributed by atoms with Crippen molar-refractivity contribution in [1.82, 2.24) is 20.3 Å². The summed E-state index contributed by atoms with van der Waals surface area (Å²) in [6.45, 7) is 4.63. The molecule has 1 heterocycles. The molecule has 0 saturated carbocycles. The van der Waals surface area contributed by atoms with Crippen molar-refractivity contribution in [3.63, 3.8) is 0 Å². The van der Waals surface area contributed by atoms with Crippen molar-refractivity contribution in [3.8, 4) is 11.5 Å². The van der Waals surface area contributed by atoms with E-state index >= 15 is 0 Å². The van der Waals surface area contributed by atoms with Gasteiger partial charge >= 0.3 is 0 Å². The number of rotatable bonds is 6. The molecule has 136 valence electrons. The van der Waals surface area contributed by atoms with Crippen molar-refractivity contribution in [2.45, 2.75) is 26.4 Å². The highest BCUT2D eigenvalue weighted by Gasteiger charge is 2.17. The second-order valence-electron chi connectivity index (χ2n) is 5.91. The van der Waals surface area contributed by atoms with E-state index < -0.39 is 0 Å². The Labute approximate surface area is 151 Å². The Morgan fingerprint density at radius 3 is 2.69 bits per heavy atom. The van der Waals surface area contributed by atoms with Gasteiger partial charge < -0.3 is 14.8 Å². The summed E-state index contributed by atoms with van der Waals surface area (Å²) in [5.41, 5.74) is 2.99. The summed E-state index contributed by atoms with van der Waals surface area (Å²) < 4.78 is 12.5. The van der Waals surface area contributed by atoms with Crippen LogP contribution in [0.1, 0.15) is 35.8 Å².